The molecule has 0 bridgehead atoms. The first-order chi connectivity index (χ1) is 22.9. The van der Waals surface area contributed by atoms with Gasteiger partial charge in [-0.1, -0.05) is 42.4 Å². The molecule has 2 aromatic carbocycles. The van der Waals surface area contributed by atoms with Crippen LogP contribution in [0.15, 0.2) is 48.8 Å². The summed E-state index contributed by atoms with van der Waals surface area (Å²) in [6.07, 6.45) is 3.91. The number of hydrogen-bond acceptors (Lipinski definition) is 9. The van der Waals surface area contributed by atoms with E-state index in [1.807, 2.05) is 12.1 Å². The van der Waals surface area contributed by atoms with Crippen molar-refractivity contribution < 1.29 is 18.7 Å². The second-order valence-electron chi connectivity index (χ2n) is 12.7. The molecule has 4 aliphatic rings. The first kappa shape index (κ1) is 31.6. The zero-order chi connectivity index (χ0) is 32.5. The quantitative estimate of drug-likeness (QED) is 0.313. The number of anilines is 2. The number of ether oxygens (including phenoxy) is 2. The van der Waals surface area contributed by atoms with Crippen LogP contribution in [0, 0.1) is 11.3 Å². The van der Waals surface area contributed by atoms with Crippen LogP contribution < -0.4 is 14.5 Å². The van der Waals surface area contributed by atoms with E-state index in [0.29, 0.717) is 55.8 Å². The molecule has 3 saturated heterocycles. The Bertz CT molecular complexity index is 1710. The Hall–Kier alpha value is -3.98. The number of benzene rings is 2. The highest BCUT2D eigenvalue weighted by atomic mass is 35.5. The summed E-state index contributed by atoms with van der Waals surface area (Å²) in [4.78, 5) is 30.9. The minimum absolute atomic E-state index is 0.0749. The molecule has 7 rings (SSSR count). The minimum Gasteiger partial charge on any atom is -0.462 e. The number of nitrogens with zero attached hydrogens (tertiary/aromatic N) is 7. The van der Waals surface area contributed by atoms with Crippen molar-refractivity contribution in [1.29, 1.82) is 5.26 Å². The highest BCUT2D eigenvalue weighted by Crippen LogP contribution is 2.37. The molecule has 1 unspecified atom stereocenters. The molecule has 3 aromatic rings. The molecule has 0 saturated carbocycles. The van der Waals surface area contributed by atoms with E-state index in [4.69, 9.17) is 31.0 Å². The lowest BCUT2D eigenvalue weighted by atomic mass is 9.96. The molecule has 12 heteroatoms. The third-order valence-corrected chi connectivity index (χ3v) is 10.4. The fourth-order valence-electron chi connectivity index (χ4n) is 7.52. The van der Waals surface area contributed by atoms with Crippen molar-refractivity contribution in [1.82, 2.24) is 19.8 Å². The smallest absolute Gasteiger partial charge is 0.318 e. The molecule has 0 aliphatic carbocycles. The van der Waals surface area contributed by atoms with E-state index in [0.717, 1.165) is 79.1 Å². The lowest BCUT2D eigenvalue weighted by molar-refractivity contribution is -0.131. The summed E-state index contributed by atoms with van der Waals surface area (Å²) < 4.78 is 25.8. The van der Waals surface area contributed by atoms with E-state index in [1.165, 1.54) is 4.90 Å². The Morgan fingerprint density at radius 2 is 1.87 bits per heavy atom. The van der Waals surface area contributed by atoms with Crippen LogP contribution >= 0.6 is 11.6 Å². The van der Waals surface area contributed by atoms with E-state index < -0.39 is 17.8 Å². The van der Waals surface area contributed by atoms with Crippen molar-refractivity contribution >= 4 is 39.8 Å². The number of nitriles is 1. The Balaban J connectivity index is 1.18. The van der Waals surface area contributed by atoms with Crippen LogP contribution in [-0.4, -0.2) is 96.3 Å². The van der Waals surface area contributed by atoms with Crippen LogP contribution in [-0.2, 0) is 22.5 Å². The SMILES string of the molecule is C=C(F)C(=O)N1CCN(c2nc(OCC3CCN3C3CCOCC3)nc3c2CCN(c2cccc4cccc(Cl)c24)C3)C[C@@H]1CC#N. The Morgan fingerprint density at radius 1 is 1.06 bits per heavy atom. The van der Waals surface area contributed by atoms with Gasteiger partial charge < -0.3 is 24.2 Å². The predicted octanol–water partition coefficient (Wildman–Crippen LogP) is 4.89. The summed E-state index contributed by atoms with van der Waals surface area (Å²) in [6.45, 7) is 8.67. The molecular weight excluding hydrogens is 621 g/mol. The molecule has 0 N–H and O–H groups in total. The van der Waals surface area contributed by atoms with Crippen molar-refractivity contribution in [3.8, 4) is 12.1 Å². The van der Waals surface area contributed by atoms with Gasteiger partial charge >= 0.3 is 6.01 Å². The van der Waals surface area contributed by atoms with Crippen molar-refractivity contribution in [2.24, 2.45) is 0 Å². The van der Waals surface area contributed by atoms with Gasteiger partial charge in [-0.15, -0.1) is 0 Å². The van der Waals surface area contributed by atoms with Gasteiger partial charge in [-0.25, -0.2) is 4.39 Å². The number of halogens is 2. The number of carbonyl (C=O) groups excluding carboxylic acids is 1. The lowest BCUT2D eigenvalue weighted by Crippen LogP contribution is -2.57. The Labute approximate surface area is 279 Å². The zero-order valence-electron chi connectivity index (χ0n) is 26.4. The van der Waals surface area contributed by atoms with Crippen LogP contribution in [0.25, 0.3) is 10.8 Å². The zero-order valence-corrected chi connectivity index (χ0v) is 27.2. The molecule has 246 valence electrons. The van der Waals surface area contributed by atoms with E-state index in [2.05, 4.69) is 51.6 Å². The monoisotopic (exact) mass is 659 g/mol. The number of piperazine rings is 1. The molecule has 10 nitrogen and oxygen atoms in total. The highest BCUT2D eigenvalue weighted by Gasteiger charge is 2.37. The van der Waals surface area contributed by atoms with Gasteiger partial charge in [0.2, 0.25) is 0 Å². The van der Waals surface area contributed by atoms with Gasteiger partial charge in [-0.3, -0.25) is 9.69 Å². The molecule has 47 heavy (non-hydrogen) atoms. The minimum atomic E-state index is -1.02. The number of rotatable bonds is 8. The van der Waals surface area contributed by atoms with E-state index in [-0.39, 0.29) is 13.0 Å². The molecule has 5 heterocycles. The van der Waals surface area contributed by atoms with E-state index in [9.17, 15) is 14.4 Å². The number of fused-ring (bicyclic) bond motifs is 2. The maximum atomic E-state index is 13.9. The number of amides is 1. The predicted molar refractivity (Wildman–Crippen MR) is 178 cm³/mol. The number of hydrogen-bond donors (Lipinski definition) is 0. The fourth-order valence-corrected chi connectivity index (χ4v) is 7.80. The topological polar surface area (TPSA) is 98.1 Å². The maximum absolute atomic E-state index is 13.9. The van der Waals surface area contributed by atoms with Crippen molar-refractivity contribution in [3.05, 3.63) is 65.1 Å². The van der Waals surface area contributed by atoms with E-state index in [1.54, 1.807) is 0 Å². The largest absolute Gasteiger partial charge is 0.462 e. The summed E-state index contributed by atoms with van der Waals surface area (Å²) in [6, 6.07) is 15.0. The third kappa shape index (κ3) is 6.34. The average Bonchev–Trinajstić information content (AvgIpc) is 3.07. The summed E-state index contributed by atoms with van der Waals surface area (Å²) >= 11 is 6.71. The van der Waals surface area contributed by atoms with Gasteiger partial charge in [-0.2, -0.15) is 15.2 Å². The van der Waals surface area contributed by atoms with Gasteiger partial charge in [0.1, 0.15) is 12.4 Å². The molecular formula is C35H39ClFN7O3. The average molecular weight is 660 g/mol. The van der Waals surface area contributed by atoms with Crippen LogP contribution in [0.1, 0.15) is 36.9 Å². The van der Waals surface area contributed by atoms with Crippen LogP contribution in [0.4, 0.5) is 15.9 Å². The Morgan fingerprint density at radius 3 is 2.62 bits per heavy atom. The second kappa shape index (κ2) is 13.6. The van der Waals surface area contributed by atoms with Crippen LogP contribution in [0.2, 0.25) is 5.02 Å². The van der Waals surface area contributed by atoms with Gasteiger partial charge in [0.05, 0.1) is 35.8 Å². The maximum Gasteiger partial charge on any atom is 0.318 e. The molecule has 2 atom stereocenters. The Kier molecular flexibility index (Phi) is 9.17. The first-order valence-electron chi connectivity index (χ1n) is 16.5. The van der Waals surface area contributed by atoms with Gasteiger partial charge in [-0.05, 0) is 43.2 Å². The van der Waals surface area contributed by atoms with Crippen LogP contribution in [0.5, 0.6) is 6.01 Å². The number of carbonyl (C=O) groups is 1. The first-order valence-corrected chi connectivity index (χ1v) is 16.8. The second-order valence-corrected chi connectivity index (χ2v) is 13.1. The number of aromatic nitrogens is 2. The van der Waals surface area contributed by atoms with Crippen molar-refractivity contribution in [2.75, 3.05) is 62.3 Å². The summed E-state index contributed by atoms with van der Waals surface area (Å²) in [5, 5.41) is 12.4. The third-order valence-electron chi connectivity index (χ3n) is 10.1. The molecule has 1 amide bonds. The normalized spacial score (nSPS) is 22.0. The lowest BCUT2D eigenvalue weighted by Gasteiger charge is -2.47. The van der Waals surface area contributed by atoms with Crippen LogP contribution in [0.3, 0.4) is 0 Å². The summed E-state index contributed by atoms with van der Waals surface area (Å²) in [7, 11) is 0. The summed E-state index contributed by atoms with van der Waals surface area (Å²) in [5.74, 6) is -1.03. The number of likely N-dealkylation sites (tertiary alicyclic amines) is 1. The molecule has 4 aliphatic heterocycles. The molecule has 1 aromatic heterocycles. The fraction of sp³-hybridized carbons (Fsp3) is 0.486. The van der Waals surface area contributed by atoms with Crippen molar-refractivity contribution in [2.45, 2.75) is 56.8 Å². The summed E-state index contributed by atoms with van der Waals surface area (Å²) in [5.41, 5.74) is 2.95. The van der Waals surface area contributed by atoms with Crippen molar-refractivity contribution in [3.63, 3.8) is 0 Å². The molecule has 0 spiro atoms. The molecule has 0 radical (unpaired) electrons. The van der Waals surface area contributed by atoms with E-state index >= 15 is 0 Å². The standard InChI is InChI=1S/C35H39ClFN7O3/c1-23(37)34(45)44-17-16-42(20-26(44)8-13-38)33-28-10-14-41(31-7-3-5-24-4-2-6-29(36)32(24)31)21-30(28)39-35(40-33)47-22-27-9-15-43(27)25-11-18-46-19-12-25/h2-7,25-27H,1,8-12,14-22H2/t26-,27?/m0/s1. The van der Waals surface area contributed by atoms with Gasteiger partial charge in [0.15, 0.2) is 5.83 Å². The highest BCUT2D eigenvalue weighted by molar-refractivity contribution is 6.36. The molecule has 3 fully saturated rings. The van der Waals surface area contributed by atoms with Gasteiger partial charge in [0.25, 0.3) is 5.91 Å². The van der Waals surface area contributed by atoms with Gasteiger partial charge in [0, 0.05) is 74.7 Å².